The third-order valence-corrected chi connectivity index (χ3v) is 29.7. The predicted octanol–water partition coefficient (Wildman–Crippen LogP) is 34.0. The number of furan rings is 2. The maximum atomic E-state index is 6.07. The molecule has 14 nitrogen and oxygen atoms in total. The summed E-state index contributed by atoms with van der Waals surface area (Å²) in [4.78, 5) is 39.4. The normalized spacial score (nSPS) is 11.7. The molecule has 680 valence electrons. The minimum atomic E-state index is 0.812. The van der Waals surface area contributed by atoms with Crippen LogP contribution in [0.4, 0.5) is 0 Å². The van der Waals surface area contributed by atoms with Crippen LogP contribution in [0.2, 0.25) is 0 Å². The fourth-order valence-electron chi connectivity index (χ4n) is 20.5. The molecule has 12 aromatic heterocycles. The molecule has 0 unspecified atom stereocenters. The Kier molecular flexibility index (Phi) is 20.9. The molecular formula is C128H84N12O2S2. The minimum Gasteiger partial charge on any atom is -0.454 e. The van der Waals surface area contributed by atoms with Crippen LogP contribution in [0.3, 0.4) is 0 Å². The van der Waals surface area contributed by atoms with Gasteiger partial charge in [0, 0.05) is 99.2 Å². The molecular weight excluding hydrogens is 1800 g/mol. The van der Waals surface area contributed by atoms with Crippen molar-refractivity contribution >= 4 is 195 Å². The highest BCUT2D eigenvalue weighted by molar-refractivity contribution is 7.26. The largest absolute Gasteiger partial charge is 0.454 e. The SMILES string of the molecule is CCc1nc2ccccc2n1-c1ccc(-c2ccc3nc4c(cc3c2)oc2ccccc24)cc1.CCc1nc2ccccc2n1-c1ccc(-c2ccc3nc4c(cc3c2)sc2ccccc24)cc1.c1ccc(-c2nc3ccccc3n2-c2ccc(-c3ccc4nc5c(cc4c3)oc3ccccc35)cc2)cc1.c1ccc(-c2nc3ccccc3n2-c2ccc(-c3ccc4nc5c(cc4c3)sc3ccccc35)cc2)cc1. The summed E-state index contributed by atoms with van der Waals surface area (Å²) >= 11 is 3.62. The standard InChI is InChI=1S/C34H21N3O.C34H21N3S.C30H21N3O.C30H21N3S/c2*1-2-8-23(9-3-1)34-36-29-11-5-6-12-30(29)37(34)26-17-14-22(15-18-26)24-16-19-28-25(20-24)21-32-33(35-28)27-10-4-7-13-31(27)38-32;2*1-2-29-31-25-8-4-5-9-26(25)33(29)22-14-11-19(12-15-22)20-13-16-24-21(17-20)18-28-30(32-24)23-7-3-6-10-27(23)34-28/h2*1-21H;2*3-18H,2H2,1H3. The molecule has 0 aliphatic heterocycles. The zero-order chi connectivity index (χ0) is 95.4. The van der Waals surface area contributed by atoms with Crippen LogP contribution in [0, 0.1) is 0 Å². The molecule has 0 N–H and O–H groups in total. The van der Waals surface area contributed by atoms with Gasteiger partial charge >= 0.3 is 0 Å². The third-order valence-electron chi connectivity index (χ3n) is 27.5. The van der Waals surface area contributed by atoms with E-state index in [4.69, 9.17) is 48.7 Å². The van der Waals surface area contributed by atoms with Crippen LogP contribution < -0.4 is 0 Å². The van der Waals surface area contributed by atoms with Crippen molar-refractivity contribution in [1.82, 2.24) is 58.1 Å². The van der Waals surface area contributed by atoms with Gasteiger partial charge in [0.1, 0.15) is 45.5 Å². The number of para-hydroxylation sites is 10. The Hall–Kier alpha value is -18.5. The molecule has 30 rings (SSSR count). The number of rotatable bonds is 12. The quantitative estimate of drug-likeness (QED) is 0.116. The number of hydrogen-bond acceptors (Lipinski definition) is 12. The van der Waals surface area contributed by atoms with Crippen LogP contribution in [0.25, 0.3) is 263 Å². The highest BCUT2D eigenvalue weighted by Crippen LogP contribution is 2.43. The van der Waals surface area contributed by atoms with E-state index in [9.17, 15) is 0 Å². The summed E-state index contributed by atoms with van der Waals surface area (Å²) in [5, 5.41) is 9.04. The van der Waals surface area contributed by atoms with Crippen molar-refractivity contribution in [2.75, 3.05) is 0 Å². The number of benzene rings is 18. The maximum absolute atomic E-state index is 6.07. The number of thiophene rings is 2. The first-order chi connectivity index (χ1) is 71.2. The molecule has 30 aromatic rings. The summed E-state index contributed by atoms with van der Waals surface area (Å²) in [7, 11) is 0. The van der Waals surface area contributed by atoms with Crippen LogP contribution >= 0.6 is 22.7 Å². The van der Waals surface area contributed by atoms with E-state index in [-0.39, 0.29) is 0 Å². The van der Waals surface area contributed by atoms with E-state index < -0.39 is 0 Å². The first kappa shape index (κ1) is 84.8. The summed E-state index contributed by atoms with van der Waals surface area (Å²) < 4.78 is 26.2. The molecule has 0 saturated carbocycles. The number of aryl methyl sites for hydroxylation is 2. The van der Waals surface area contributed by atoms with Crippen LogP contribution in [0.1, 0.15) is 25.5 Å². The van der Waals surface area contributed by atoms with Crippen LogP contribution in [-0.2, 0) is 12.8 Å². The van der Waals surface area contributed by atoms with Gasteiger partial charge in [-0.25, -0.2) is 39.9 Å². The number of fused-ring (bicyclic) bond motifs is 20. The van der Waals surface area contributed by atoms with Gasteiger partial charge in [-0.05, 0) is 251 Å². The molecule has 0 saturated heterocycles. The monoisotopic (exact) mass is 1880 g/mol. The van der Waals surface area contributed by atoms with Crippen LogP contribution in [0.15, 0.2) is 458 Å². The molecule has 0 radical (unpaired) electrons. The number of pyridine rings is 4. The van der Waals surface area contributed by atoms with Gasteiger partial charge in [0.2, 0.25) is 0 Å². The molecule has 0 fully saturated rings. The van der Waals surface area contributed by atoms with Gasteiger partial charge in [-0.2, -0.15) is 0 Å². The highest BCUT2D eigenvalue weighted by atomic mass is 32.1. The first-order valence-corrected chi connectivity index (χ1v) is 50.1. The van der Waals surface area contributed by atoms with Crippen molar-refractivity contribution in [3.05, 3.63) is 461 Å². The van der Waals surface area contributed by atoms with Crippen molar-refractivity contribution in [1.29, 1.82) is 0 Å². The van der Waals surface area contributed by atoms with Gasteiger partial charge in [-0.3, -0.25) is 18.3 Å². The fourth-order valence-corrected chi connectivity index (χ4v) is 22.7. The fraction of sp³-hybridized carbons (Fsp3) is 0.0312. The van der Waals surface area contributed by atoms with Gasteiger partial charge in [0.15, 0.2) is 11.2 Å². The van der Waals surface area contributed by atoms with Crippen molar-refractivity contribution in [3.63, 3.8) is 0 Å². The van der Waals surface area contributed by atoms with Gasteiger partial charge in [0.05, 0.1) is 86.6 Å². The van der Waals surface area contributed by atoms with E-state index in [1.165, 1.54) is 57.2 Å². The number of nitrogens with zero attached hydrogens (tertiary/aromatic N) is 12. The molecule has 16 heteroatoms. The predicted molar refractivity (Wildman–Crippen MR) is 597 cm³/mol. The van der Waals surface area contributed by atoms with E-state index in [2.05, 4.69) is 408 Å². The van der Waals surface area contributed by atoms with E-state index >= 15 is 0 Å². The van der Waals surface area contributed by atoms with E-state index in [0.29, 0.717) is 0 Å². The second kappa shape index (κ2) is 35.4. The van der Waals surface area contributed by atoms with Crippen LogP contribution in [-0.4, -0.2) is 58.1 Å². The molecule has 144 heavy (non-hydrogen) atoms. The van der Waals surface area contributed by atoms with Crippen LogP contribution in [0.5, 0.6) is 0 Å². The van der Waals surface area contributed by atoms with Gasteiger partial charge in [-0.15, -0.1) is 22.7 Å². The number of hydrogen-bond donors (Lipinski definition) is 0. The van der Waals surface area contributed by atoms with E-state index in [1.807, 2.05) is 95.5 Å². The lowest BCUT2D eigenvalue weighted by atomic mass is 10.0. The molecule has 0 amide bonds. The second-order valence-electron chi connectivity index (χ2n) is 36.2. The van der Waals surface area contributed by atoms with Crippen molar-refractivity contribution < 1.29 is 8.83 Å². The molecule has 12 heterocycles. The van der Waals surface area contributed by atoms with Crippen molar-refractivity contribution in [3.8, 4) is 90.0 Å². The Morgan fingerprint density at radius 1 is 0.194 bits per heavy atom. The Morgan fingerprint density at radius 2 is 0.472 bits per heavy atom. The summed E-state index contributed by atoms with van der Waals surface area (Å²) in [6, 6.07) is 157. The first-order valence-electron chi connectivity index (χ1n) is 48.5. The lowest BCUT2D eigenvalue weighted by molar-refractivity contribution is 0.668. The third kappa shape index (κ3) is 15.2. The summed E-state index contributed by atoms with van der Waals surface area (Å²) in [6.45, 7) is 4.30. The van der Waals surface area contributed by atoms with Crippen molar-refractivity contribution in [2.45, 2.75) is 26.7 Å². The highest BCUT2D eigenvalue weighted by Gasteiger charge is 2.22. The van der Waals surface area contributed by atoms with Gasteiger partial charge in [-0.1, -0.05) is 257 Å². The number of imidazole rings is 4. The zero-order valence-electron chi connectivity index (χ0n) is 78.1. The Balaban J connectivity index is 0.0000000957. The number of aromatic nitrogens is 12. The summed E-state index contributed by atoms with van der Waals surface area (Å²) in [5.74, 6) is 4.04. The average Bonchev–Trinajstić information content (AvgIpc) is 1.77. The lowest BCUT2D eigenvalue weighted by Crippen LogP contribution is -1.99. The maximum Gasteiger partial charge on any atom is 0.154 e. The Morgan fingerprint density at radius 3 is 0.826 bits per heavy atom. The van der Waals surface area contributed by atoms with Gasteiger partial charge in [0.25, 0.3) is 0 Å². The van der Waals surface area contributed by atoms with Crippen molar-refractivity contribution in [2.24, 2.45) is 0 Å². The van der Waals surface area contributed by atoms with E-state index in [1.54, 1.807) is 0 Å². The smallest absolute Gasteiger partial charge is 0.154 e. The summed E-state index contributed by atoms with van der Waals surface area (Å²) in [6.07, 6.45) is 1.77. The Labute approximate surface area is 833 Å². The Bertz CT molecular complexity index is 9680. The molecule has 0 spiro atoms. The van der Waals surface area contributed by atoms with Gasteiger partial charge < -0.3 is 8.83 Å². The molecule has 0 aliphatic rings. The lowest BCUT2D eigenvalue weighted by Gasteiger charge is -2.11. The van der Waals surface area contributed by atoms with E-state index in [0.717, 1.165) is 230 Å². The molecule has 0 atom stereocenters. The molecule has 0 bridgehead atoms. The minimum absolute atomic E-state index is 0.812. The molecule has 0 aliphatic carbocycles. The topological polar surface area (TPSA) is 149 Å². The zero-order valence-corrected chi connectivity index (χ0v) is 79.8. The average molecular weight is 1890 g/mol. The summed E-state index contributed by atoms with van der Waals surface area (Å²) in [5.41, 5.74) is 35.9. The molecule has 18 aromatic carbocycles. The second-order valence-corrected chi connectivity index (χ2v) is 38.4.